The van der Waals surface area contributed by atoms with Crippen LogP contribution in [0.1, 0.15) is 17.2 Å². The van der Waals surface area contributed by atoms with Crippen LogP contribution >= 0.6 is 11.3 Å². The third kappa shape index (κ3) is 4.03. The van der Waals surface area contributed by atoms with E-state index in [4.69, 9.17) is 9.97 Å². The molecule has 3 heterocycles. The monoisotopic (exact) mass is 389 g/mol. The molecule has 0 aliphatic carbocycles. The predicted molar refractivity (Wildman–Crippen MR) is 117 cm³/mol. The molecule has 0 unspecified atom stereocenters. The highest BCUT2D eigenvalue weighted by Crippen LogP contribution is 2.37. The van der Waals surface area contributed by atoms with E-state index in [-0.39, 0.29) is 0 Å². The van der Waals surface area contributed by atoms with Gasteiger partial charge in [-0.1, -0.05) is 36.4 Å². The van der Waals surface area contributed by atoms with E-state index in [1.807, 2.05) is 45.3 Å². The molecule has 4 aromatic rings. The van der Waals surface area contributed by atoms with Gasteiger partial charge in [0.15, 0.2) is 0 Å². The fraction of sp³-hybridized carbons (Fsp3) is 0.227. The first kappa shape index (κ1) is 18.5. The Labute approximate surface area is 169 Å². The van der Waals surface area contributed by atoms with Crippen LogP contribution in [-0.2, 0) is 13.1 Å². The maximum Gasteiger partial charge on any atom is 0.146 e. The zero-order valence-electron chi connectivity index (χ0n) is 16.3. The van der Waals surface area contributed by atoms with Crippen LogP contribution in [-0.4, -0.2) is 33.9 Å². The van der Waals surface area contributed by atoms with Crippen molar-refractivity contribution in [2.45, 2.75) is 20.0 Å². The van der Waals surface area contributed by atoms with Gasteiger partial charge in [-0.2, -0.15) is 0 Å². The number of anilines is 1. The van der Waals surface area contributed by atoms with Crippen LogP contribution in [0.4, 0.5) is 5.82 Å². The van der Waals surface area contributed by atoms with Crippen LogP contribution in [0.15, 0.2) is 53.9 Å². The van der Waals surface area contributed by atoms with Crippen molar-refractivity contribution in [1.29, 1.82) is 0 Å². The Morgan fingerprint density at radius 2 is 1.79 bits per heavy atom. The predicted octanol–water partition coefficient (Wildman–Crippen LogP) is 4.74. The Morgan fingerprint density at radius 1 is 0.964 bits per heavy atom. The van der Waals surface area contributed by atoms with Crippen molar-refractivity contribution in [1.82, 2.24) is 19.9 Å². The smallest absolute Gasteiger partial charge is 0.146 e. The van der Waals surface area contributed by atoms with E-state index in [1.165, 1.54) is 5.56 Å². The second-order valence-corrected chi connectivity index (χ2v) is 7.90. The Hall–Kier alpha value is -2.83. The lowest BCUT2D eigenvalue weighted by Gasteiger charge is -2.13. The van der Waals surface area contributed by atoms with E-state index in [0.717, 1.165) is 38.8 Å². The second kappa shape index (κ2) is 8.04. The molecule has 0 amide bonds. The van der Waals surface area contributed by atoms with Gasteiger partial charge in [-0.15, -0.1) is 11.3 Å². The van der Waals surface area contributed by atoms with Crippen LogP contribution in [0.25, 0.3) is 21.3 Å². The number of nitrogens with zero attached hydrogens (tertiary/aromatic N) is 4. The van der Waals surface area contributed by atoms with Crippen LogP contribution in [0, 0.1) is 6.92 Å². The molecule has 142 valence electrons. The Bertz CT molecular complexity index is 1090. The van der Waals surface area contributed by atoms with Crippen molar-refractivity contribution in [3.63, 3.8) is 0 Å². The van der Waals surface area contributed by atoms with Gasteiger partial charge < -0.3 is 10.2 Å². The molecule has 1 N–H and O–H groups in total. The van der Waals surface area contributed by atoms with Gasteiger partial charge in [0.25, 0.3) is 0 Å². The molecule has 0 radical (unpaired) electrons. The van der Waals surface area contributed by atoms with Crippen molar-refractivity contribution in [3.8, 4) is 11.1 Å². The van der Waals surface area contributed by atoms with Crippen LogP contribution < -0.4 is 5.32 Å². The lowest BCUT2D eigenvalue weighted by atomic mass is 10.1. The third-order valence-electron chi connectivity index (χ3n) is 4.41. The summed E-state index contributed by atoms with van der Waals surface area (Å²) < 4.78 is 0. The third-order valence-corrected chi connectivity index (χ3v) is 5.28. The average Bonchev–Trinajstić information content (AvgIpc) is 3.10. The van der Waals surface area contributed by atoms with Gasteiger partial charge in [-0.25, -0.2) is 9.97 Å². The number of hydrogen-bond acceptors (Lipinski definition) is 6. The molecule has 0 aliphatic heterocycles. The van der Waals surface area contributed by atoms with Crippen molar-refractivity contribution in [2.75, 3.05) is 19.4 Å². The molecule has 1 aromatic carbocycles. The van der Waals surface area contributed by atoms with Crippen molar-refractivity contribution >= 4 is 27.4 Å². The van der Waals surface area contributed by atoms with Crippen LogP contribution in [0.5, 0.6) is 0 Å². The van der Waals surface area contributed by atoms with Gasteiger partial charge in [-0.3, -0.25) is 4.98 Å². The minimum absolute atomic E-state index is 0.624. The summed E-state index contributed by atoms with van der Waals surface area (Å²) in [6.45, 7) is 3.33. The number of benzene rings is 1. The molecule has 6 heteroatoms. The normalized spacial score (nSPS) is 11.3. The largest absolute Gasteiger partial charge is 0.364 e. The number of hydrogen-bond donors (Lipinski definition) is 1. The molecule has 3 aromatic heterocycles. The van der Waals surface area contributed by atoms with Gasteiger partial charge in [-0.05, 0) is 38.7 Å². The summed E-state index contributed by atoms with van der Waals surface area (Å²) in [5.74, 6) is 1.68. The number of pyridine rings is 1. The molecule has 0 saturated heterocycles. The van der Waals surface area contributed by atoms with Gasteiger partial charge >= 0.3 is 0 Å². The minimum Gasteiger partial charge on any atom is -0.364 e. The number of thiophene rings is 1. The summed E-state index contributed by atoms with van der Waals surface area (Å²) in [5.41, 5.74) is 4.35. The highest BCUT2D eigenvalue weighted by Gasteiger charge is 2.16. The number of nitrogens with one attached hydrogen (secondary N) is 1. The zero-order valence-corrected chi connectivity index (χ0v) is 17.1. The summed E-state index contributed by atoms with van der Waals surface area (Å²) in [5, 5.41) is 6.76. The Kier molecular flexibility index (Phi) is 5.32. The first-order chi connectivity index (χ1) is 13.6. The van der Waals surface area contributed by atoms with E-state index in [0.29, 0.717) is 13.1 Å². The standard InChI is InChI=1S/C22H23N5S/c1-15-8-7-11-17(24-15)12-23-21-20-18(16-9-5-4-6-10-16)14-28-22(20)26-19(25-21)13-27(2)3/h4-11,14H,12-13H2,1-3H3,(H,23,25,26). The zero-order chi connectivity index (χ0) is 19.5. The fourth-order valence-corrected chi connectivity index (χ4v) is 4.14. The lowest BCUT2D eigenvalue weighted by Crippen LogP contribution is -2.14. The maximum absolute atomic E-state index is 4.85. The van der Waals surface area contributed by atoms with E-state index in [9.17, 15) is 0 Å². The van der Waals surface area contributed by atoms with Crippen LogP contribution in [0.2, 0.25) is 0 Å². The highest BCUT2D eigenvalue weighted by molar-refractivity contribution is 7.17. The molecule has 0 spiro atoms. The molecule has 0 atom stereocenters. The molecule has 5 nitrogen and oxygen atoms in total. The Morgan fingerprint density at radius 3 is 2.54 bits per heavy atom. The van der Waals surface area contributed by atoms with Crippen molar-refractivity contribution in [3.05, 3.63) is 71.1 Å². The molecule has 0 bridgehead atoms. The highest BCUT2D eigenvalue weighted by atomic mass is 32.1. The van der Waals surface area contributed by atoms with Gasteiger partial charge in [0.2, 0.25) is 0 Å². The fourth-order valence-electron chi connectivity index (χ4n) is 3.17. The van der Waals surface area contributed by atoms with Crippen LogP contribution in [0.3, 0.4) is 0 Å². The molecular formula is C22H23N5S. The Balaban J connectivity index is 1.77. The minimum atomic E-state index is 0.624. The van der Waals surface area contributed by atoms with E-state index < -0.39 is 0 Å². The second-order valence-electron chi connectivity index (χ2n) is 7.05. The lowest BCUT2D eigenvalue weighted by molar-refractivity contribution is 0.391. The topological polar surface area (TPSA) is 53.9 Å². The number of fused-ring (bicyclic) bond motifs is 1. The summed E-state index contributed by atoms with van der Waals surface area (Å²) >= 11 is 1.66. The average molecular weight is 390 g/mol. The first-order valence-corrected chi connectivity index (χ1v) is 10.1. The maximum atomic E-state index is 4.85. The van der Waals surface area contributed by atoms with Gasteiger partial charge in [0, 0.05) is 16.6 Å². The molecule has 0 saturated carbocycles. The molecule has 4 rings (SSSR count). The summed E-state index contributed by atoms with van der Waals surface area (Å²) in [4.78, 5) is 17.3. The summed E-state index contributed by atoms with van der Waals surface area (Å²) in [6.07, 6.45) is 0. The van der Waals surface area contributed by atoms with E-state index in [1.54, 1.807) is 11.3 Å². The van der Waals surface area contributed by atoms with Crippen molar-refractivity contribution in [2.24, 2.45) is 0 Å². The SMILES string of the molecule is Cc1cccc(CNc2nc(CN(C)C)nc3scc(-c4ccccc4)c23)n1. The number of aromatic nitrogens is 3. The van der Waals surface area contributed by atoms with E-state index >= 15 is 0 Å². The number of rotatable bonds is 6. The molecule has 0 fully saturated rings. The van der Waals surface area contributed by atoms with Gasteiger partial charge in [0.05, 0.1) is 24.2 Å². The van der Waals surface area contributed by atoms with E-state index in [2.05, 4.69) is 44.8 Å². The first-order valence-electron chi connectivity index (χ1n) is 9.25. The van der Waals surface area contributed by atoms with Crippen molar-refractivity contribution < 1.29 is 0 Å². The van der Waals surface area contributed by atoms with Gasteiger partial charge in [0.1, 0.15) is 16.5 Å². The summed E-state index contributed by atoms with van der Waals surface area (Å²) in [6, 6.07) is 16.5. The summed E-state index contributed by atoms with van der Waals surface area (Å²) in [7, 11) is 4.06. The number of aryl methyl sites for hydroxylation is 1. The molecular weight excluding hydrogens is 366 g/mol. The molecule has 0 aliphatic rings. The molecule has 28 heavy (non-hydrogen) atoms. The quantitative estimate of drug-likeness (QED) is 0.516.